The minimum absolute atomic E-state index is 0.264. The topological polar surface area (TPSA) is 0 Å². The Bertz CT molecular complexity index is 1150. The van der Waals surface area contributed by atoms with E-state index < -0.39 is 0 Å². The van der Waals surface area contributed by atoms with Crippen LogP contribution in [-0.4, -0.2) is 0 Å². The minimum atomic E-state index is 0.264. The van der Waals surface area contributed by atoms with Crippen LogP contribution in [0, 0.1) is 26.7 Å². The Kier molecular flexibility index (Phi) is 7.05. The number of hydrogen-bond donors (Lipinski definition) is 0. The summed E-state index contributed by atoms with van der Waals surface area (Å²) in [6, 6.07) is 26.5. The first kappa shape index (κ1) is 22.6. The van der Waals surface area contributed by atoms with Crippen LogP contribution in [0.5, 0.6) is 0 Å². The quantitative estimate of drug-likeness (QED) is 0.344. The van der Waals surface area contributed by atoms with Gasteiger partial charge in [-0.2, -0.15) is 0 Å². The Morgan fingerprint density at radius 1 is 0.697 bits per heavy atom. The molecule has 0 heteroatoms. The molecule has 0 heterocycles. The van der Waals surface area contributed by atoms with Gasteiger partial charge < -0.3 is 0 Å². The number of hydrogen-bond acceptors (Lipinski definition) is 0. The average molecular weight is 429 g/mol. The van der Waals surface area contributed by atoms with Gasteiger partial charge in [0.15, 0.2) is 0 Å². The predicted octanol–water partition coefficient (Wildman–Crippen LogP) is 8.68. The second kappa shape index (κ2) is 10.3. The van der Waals surface area contributed by atoms with E-state index in [4.69, 9.17) is 0 Å². The third-order valence-electron chi connectivity index (χ3n) is 6.25. The Balaban J connectivity index is 1.72. The van der Waals surface area contributed by atoms with Crippen LogP contribution in [0.1, 0.15) is 39.3 Å². The summed E-state index contributed by atoms with van der Waals surface area (Å²) in [6.45, 7) is 10.5. The second-order valence-electron chi connectivity index (χ2n) is 9.00. The first-order valence-electron chi connectivity index (χ1n) is 11.6. The fourth-order valence-corrected chi connectivity index (χ4v) is 4.18. The summed E-state index contributed by atoms with van der Waals surface area (Å²) in [4.78, 5) is 0. The van der Waals surface area contributed by atoms with Crippen molar-refractivity contribution in [2.24, 2.45) is 5.92 Å². The van der Waals surface area contributed by atoms with Crippen LogP contribution in [-0.2, 0) is 0 Å². The molecule has 4 rings (SSSR count). The van der Waals surface area contributed by atoms with Crippen LogP contribution in [0.15, 0.2) is 127 Å². The molecule has 0 nitrogen and oxygen atoms in total. The SMILES string of the molecule is C=C1C=CC(C(/C=C\C=C(c2ccc(C)cc2)c2ccc(C)cc2)c2ccc(C)cc2)C=C1. The van der Waals surface area contributed by atoms with Crippen molar-refractivity contribution < 1.29 is 0 Å². The van der Waals surface area contributed by atoms with Gasteiger partial charge >= 0.3 is 0 Å². The van der Waals surface area contributed by atoms with Crippen molar-refractivity contribution in [2.45, 2.75) is 26.7 Å². The monoisotopic (exact) mass is 428 g/mol. The molecule has 0 N–H and O–H groups in total. The molecule has 0 radical (unpaired) electrons. The Labute approximate surface area is 199 Å². The van der Waals surface area contributed by atoms with Crippen molar-refractivity contribution in [3.05, 3.63) is 161 Å². The molecule has 0 saturated carbocycles. The van der Waals surface area contributed by atoms with Crippen molar-refractivity contribution in [1.82, 2.24) is 0 Å². The van der Waals surface area contributed by atoms with E-state index in [1.807, 2.05) is 0 Å². The van der Waals surface area contributed by atoms with Gasteiger partial charge in [0.25, 0.3) is 0 Å². The van der Waals surface area contributed by atoms with Crippen LogP contribution in [0.25, 0.3) is 5.57 Å². The smallest absolute Gasteiger partial charge is 0.0119 e. The average Bonchev–Trinajstić information content (AvgIpc) is 2.82. The lowest BCUT2D eigenvalue weighted by atomic mass is 9.82. The maximum Gasteiger partial charge on any atom is 0.0119 e. The van der Waals surface area contributed by atoms with Gasteiger partial charge in [0.1, 0.15) is 0 Å². The molecule has 0 saturated heterocycles. The zero-order valence-electron chi connectivity index (χ0n) is 19.8. The maximum absolute atomic E-state index is 4.06. The van der Waals surface area contributed by atoms with Crippen molar-refractivity contribution >= 4 is 5.57 Å². The highest BCUT2D eigenvalue weighted by Crippen LogP contribution is 2.32. The van der Waals surface area contributed by atoms with E-state index in [1.165, 1.54) is 39.0 Å². The van der Waals surface area contributed by atoms with E-state index >= 15 is 0 Å². The summed E-state index contributed by atoms with van der Waals surface area (Å²) < 4.78 is 0. The highest BCUT2D eigenvalue weighted by molar-refractivity contribution is 5.81. The molecular weight excluding hydrogens is 396 g/mol. The number of aryl methyl sites for hydroxylation is 3. The van der Waals surface area contributed by atoms with Gasteiger partial charge in [-0.25, -0.2) is 0 Å². The molecule has 1 aliphatic carbocycles. The lowest BCUT2D eigenvalue weighted by molar-refractivity contribution is 0.702. The molecule has 164 valence electrons. The standard InChI is InChI=1S/C33H32/c1-24-8-16-28(17-9-24)32(29-18-10-25(2)11-19-29)6-5-7-33(30-20-12-26(3)13-21-30)31-22-14-27(4)15-23-31/h5-23,28,32H,1H2,2-4H3/b6-5-. The van der Waals surface area contributed by atoms with Gasteiger partial charge in [-0.1, -0.05) is 139 Å². The number of benzene rings is 3. The van der Waals surface area contributed by atoms with Crippen LogP contribution < -0.4 is 0 Å². The molecule has 3 aromatic rings. The molecule has 0 fully saturated rings. The fourth-order valence-electron chi connectivity index (χ4n) is 4.18. The number of allylic oxidation sites excluding steroid dienone is 8. The second-order valence-corrected chi connectivity index (χ2v) is 9.00. The van der Waals surface area contributed by atoms with Crippen molar-refractivity contribution in [2.75, 3.05) is 0 Å². The molecule has 1 unspecified atom stereocenters. The van der Waals surface area contributed by atoms with Gasteiger partial charge in [0, 0.05) is 11.8 Å². The third-order valence-corrected chi connectivity index (χ3v) is 6.25. The zero-order valence-corrected chi connectivity index (χ0v) is 19.8. The molecule has 0 spiro atoms. The van der Waals surface area contributed by atoms with E-state index in [-0.39, 0.29) is 5.92 Å². The van der Waals surface area contributed by atoms with Gasteiger partial charge in [-0.05, 0) is 48.6 Å². The molecule has 0 aromatic heterocycles. The Hall–Kier alpha value is -3.64. The highest BCUT2D eigenvalue weighted by atomic mass is 14.2. The van der Waals surface area contributed by atoms with E-state index in [0.29, 0.717) is 5.92 Å². The number of rotatable bonds is 6. The van der Waals surface area contributed by atoms with Crippen molar-refractivity contribution in [1.29, 1.82) is 0 Å². The van der Waals surface area contributed by atoms with Crippen LogP contribution in [0.4, 0.5) is 0 Å². The predicted molar refractivity (Wildman–Crippen MR) is 143 cm³/mol. The van der Waals surface area contributed by atoms with Crippen molar-refractivity contribution in [3.8, 4) is 0 Å². The molecule has 0 bridgehead atoms. The largest absolute Gasteiger partial charge is 0.0918 e. The van der Waals surface area contributed by atoms with Gasteiger partial charge in [-0.15, -0.1) is 0 Å². The highest BCUT2D eigenvalue weighted by Gasteiger charge is 2.18. The summed E-state index contributed by atoms with van der Waals surface area (Å²) in [6.07, 6.45) is 15.6. The van der Waals surface area contributed by atoms with Crippen molar-refractivity contribution in [3.63, 3.8) is 0 Å². The van der Waals surface area contributed by atoms with E-state index in [0.717, 1.165) is 5.57 Å². The normalized spacial score (nSPS) is 14.6. The van der Waals surface area contributed by atoms with Crippen LogP contribution >= 0.6 is 0 Å². The summed E-state index contributed by atoms with van der Waals surface area (Å²) >= 11 is 0. The lowest BCUT2D eigenvalue weighted by Crippen LogP contribution is -2.08. The first-order valence-corrected chi connectivity index (χ1v) is 11.6. The third kappa shape index (κ3) is 5.79. The van der Waals surface area contributed by atoms with Gasteiger partial charge in [0.05, 0.1) is 0 Å². The van der Waals surface area contributed by atoms with E-state index in [2.05, 4.69) is 143 Å². The Morgan fingerprint density at radius 2 is 1.15 bits per heavy atom. The van der Waals surface area contributed by atoms with E-state index in [1.54, 1.807) is 0 Å². The molecule has 0 amide bonds. The van der Waals surface area contributed by atoms with Crippen LogP contribution in [0.3, 0.4) is 0 Å². The van der Waals surface area contributed by atoms with Gasteiger partial charge in [0.2, 0.25) is 0 Å². The molecular formula is C33H32. The summed E-state index contributed by atoms with van der Waals surface area (Å²) in [5.74, 6) is 0.574. The molecule has 3 aromatic carbocycles. The summed E-state index contributed by atoms with van der Waals surface area (Å²) in [7, 11) is 0. The van der Waals surface area contributed by atoms with E-state index in [9.17, 15) is 0 Å². The first-order chi connectivity index (χ1) is 16.0. The van der Waals surface area contributed by atoms with Gasteiger partial charge in [-0.3, -0.25) is 0 Å². The molecule has 0 aliphatic heterocycles. The van der Waals surface area contributed by atoms with Crippen LogP contribution in [0.2, 0.25) is 0 Å². The fraction of sp³-hybridized carbons (Fsp3) is 0.152. The molecule has 1 aliphatic rings. The summed E-state index contributed by atoms with van der Waals surface area (Å²) in [5, 5.41) is 0. The lowest BCUT2D eigenvalue weighted by Gasteiger charge is -2.22. The Morgan fingerprint density at radius 3 is 1.64 bits per heavy atom. The molecule has 33 heavy (non-hydrogen) atoms. The maximum atomic E-state index is 4.06. The zero-order chi connectivity index (χ0) is 23.2. The molecule has 1 atom stereocenters. The minimum Gasteiger partial charge on any atom is -0.0918 e. The summed E-state index contributed by atoms with van der Waals surface area (Å²) in [5.41, 5.74) is 9.90.